The van der Waals surface area contributed by atoms with Crippen LogP contribution in [0.5, 0.6) is 0 Å². The maximum atomic E-state index is 11.9. The highest BCUT2D eigenvalue weighted by atomic mass is 16.2. The van der Waals surface area contributed by atoms with E-state index in [4.69, 9.17) is 0 Å². The van der Waals surface area contributed by atoms with Gasteiger partial charge in [-0.2, -0.15) is 0 Å². The Kier molecular flexibility index (Phi) is 4.61. The van der Waals surface area contributed by atoms with Crippen LogP contribution in [0.4, 0.5) is 4.79 Å². The highest BCUT2D eigenvalue weighted by molar-refractivity contribution is 5.76. The zero-order valence-electron chi connectivity index (χ0n) is 12.4. The summed E-state index contributed by atoms with van der Waals surface area (Å²) in [5.41, 5.74) is 2.11. The molecule has 1 aromatic heterocycles. The predicted octanol–water partition coefficient (Wildman–Crippen LogP) is 2.40. The number of fused-ring (bicyclic) bond motifs is 1. The standard InChI is InChI=1S/C15H22N4O/c1-4-18(5-2)15(20)16-10-11-19-12(3)17-13-8-6-7-9-14(13)19/h6-9H,4-5,10-11H2,1-3H3,(H,16,20). The molecule has 5 heteroatoms. The molecule has 0 aliphatic carbocycles. The second kappa shape index (κ2) is 6.41. The van der Waals surface area contributed by atoms with Crippen molar-refractivity contribution in [2.24, 2.45) is 0 Å². The van der Waals surface area contributed by atoms with Gasteiger partial charge in [-0.25, -0.2) is 9.78 Å². The van der Waals surface area contributed by atoms with E-state index in [-0.39, 0.29) is 6.03 Å². The Balaban J connectivity index is 2.00. The molecule has 1 heterocycles. The van der Waals surface area contributed by atoms with Crippen LogP contribution in [0.25, 0.3) is 11.0 Å². The molecular weight excluding hydrogens is 252 g/mol. The highest BCUT2D eigenvalue weighted by Crippen LogP contribution is 2.14. The minimum atomic E-state index is -0.00271. The Bertz CT molecular complexity index is 587. The van der Waals surface area contributed by atoms with Crippen molar-refractivity contribution in [1.29, 1.82) is 0 Å². The molecule has 0 bridgehead atoms. The van der Waals surface area contributed by atoms with Crippen LogP contribution in [-0.4, -0.2) is 40.1 Å². The van der Waals surface area contributed by atoms with Crippen molar-refractivity contribution >= 4 is 17.1 Å². The maximum Gasteiger partial charge on any atom is 0.317 e. The van der Waals surface area contributed by atoms with Gasteiger partial charge in [0.15, 0.2) is 0 Å². The van der Waals surface area contributed by atoms with Crippen LogP contribution in [0.1, 0.15) is 19.7 Å². The molecule has 108 valence electrons. The van der Waals surface area contributed by atoms with Gasteiger partial charge in [0, 0.05) is 26.2 Å². The molecule has 2 amide bonds. The topological polar surface area (TPSA) is 50.2 Å². The molecule has 2 rings (SSSR count). The van der Waals surface area contributed by atoms with E-state index < -0.39 is 0 Å². The van der Waals surface area contributed by atoms with Crippen molar-refractivity contribution in [3.8, 4) is 0 Å². The third-order valence-electron chi connectivity index (χ3n) is 3.51. The molecule has 1 N–H and O–H groups in total. The lowest BCUT2D eigenvalue weighted by Crippen LogP contribution is -2.40. The van der Waals surface area contributed by atoms with Crippen molar-refractivity contribution in [2.45, 2.75) is 27.3 Å². The molecule has 0 saturated heterocycles. The Morgan fingerprint density at radius 3 is 2.70 bits per heavy atom. The van der Waals surface area contributed by atoms with Gasteiger partial charge in [-0.15, -0.1) is 0 Å². The number of aryl methyl sites for hydroxylation is 1. The fourth-order valence-corrected chi connectivity index (χ4v) is 2.38. The number of carbonyl (C=O) groups is 1. The van der Waals surface area contributed by atoms with Gasteiger partial charge in [0.05, 0.1) is 11.0 Å². The van der Waals surface area contributed by atoms with E-state index in [0.717, 1.165) is 36.5 Å². The molecule has 5 nitrogen and oxygen atoms in total. The lowest BCUT2D eigenvalue weighted by Gasteiger charge is -2.19. The lowest BCUT2D eigenvalue weighted by molar-refractivity contribution is 0.203. The molecule has 0 unspecified atom stereocenters. The number of imidazole rings is 1. The summed E-state index contributed by atoms with van der Waals surface area (Å²) in [5.74, 6) is 0.975. The Morgan fingerprint density at radius 2 is 2.00 bits per heavy atom. The minimum Gasteiger partial charge on any atom is -0.336 e. The first-order valence-corrected chi connectivity index (χ1v) is 7.12. The zero-order chi connectivity index (χ0) is 14.5. The van der Waals surface area contributed by atoms with Crippen LogP contribution in [0.3, 0.4) is 0 Å². The highest BCUT2D eigenvalue weighted by Gasteiger charge is 2.09. The monoisotopic (exact) mass is 274 g/mol. The van der Waals surface area contributed by atoms with Gasteiger partial charge < -0.3 is 14.8 Å². The number of rotatable bonds is 5. The Labute approximate surface area is 119 Å². The molecule has 0 fully saturated rings. The number of nitrogens with zero attached hydrogens (tertiary/aromatic N) is 3. The zero-order valence-corrected chi connectivity index (χ0v) is 12.4. The second-order valence-corrected chi connectivity index (χ2v) is 4.70. The van der Waals surface area contributed by atoms with E-state index >= 15 is 0 Å². The largest absolute Gasteiger partial charge is 0.336 e. The number of hydrogen-bond acceptors (Lipinski definition) is 2. The van der Waals surface area contributed by atoms with E-state index in [2.05, 4.69) is 20.9 Å². The number of carbonyl (C=O) groups excluding carboxylic acids is 1. The maximum absolute atomic E-state index is 11.9. The number of aromatic nitrogens is 2. The molecule has 0 saturated carbocycles. The molecule has 1 aromatic carbocycles. The van der Waals surface area contributed by atoms with Crippen LogP contribution < -0.4 is 5.32 Å². The van der Waals surface area contributed by atoms with Crippen molar-refractivity contribution < 1.29 is 4.79 Å². The molecule has 20 heavy (non-hydrogen) atoms. The van der Waals surface area contributed by atoms with Crippen molar-refractivity contribution in [2.75, 3.05) is 19.6 Å². The fraction of sp³-hybridized carbons (Fsp3) is 0.467. The van der Waals surface area contributed by atoms with Crippen LogP contribution in [0.15, 0.2) is 24.3 Å². The van der Waals surface area contributed by atoms with Gasteiger partial charge in [-0.3, -0.25) is 0 Å². The number of amides is 2. The average molecular weight is 274 g/mol. The van der Waals surface area contributed by atoms with Crippen LogP contribution in [0.2, 0.25) is 0 Å². The molecule has 0 spiro atoms. The third-order valence-corrected chi connectivity index (χ3v) is 3.51. The van der Waals surface area contributed by atoms with Gasteiger partial charge >= 0.3 is 6.03 Å². The summed E-state index contributed by atoms with van der Waals surface area (Å²) < 4.78 is 2.14. The van der Waals surface area contributed by atoms with Crippen LogP contribution >= 0.6 is 0 Å². The molecule has 2 aromatic rings. The van der Waals surface area contributed by atoms with E-state index in [1.54, 1.807) is 4.90 Å². The molecule has 0 radical (unpaired) electrons. The van der Waals surface area contributed by atoms with Crippen LogP contribution in [-0.2, 0) is 6.54 Å². The summed E-state index contributed by atoms with van der Waals surface area (Å²) in [7, 11) is 0. The SMILES string of the molecule is CCN(CC)C(=O)NCCn1c(C)nc2ccccc21. The fourth-order valence-electron chi connectivity index (χ4n) is 2.38. The van der Waals surface area contributed by atoms with Crippen LogP contribution in [0, 0.1) is 6.92 Å². The van der Waals surface area contributed by atoms with Gasteiger partial charge in [0.25, 0.3) is 0 Å². The first-order valence-electron chi connectivity index (χ1n) is 7.12. The lowest BCUT2D eigenvalue weighted by atomic mass is 10.3. The predicted molar refractivity (Wildman–Crippen MR) is 80.8 cm³/mol. The van der Waals surface area contributed by atoms with E-state index in [0.29, 0.717) is 6.54 Å². The summed E-state index contributed by atoms with van der Waals surface area (Å²) in [5, 5.41) is 2.95. The van der Waals surface area contributed by atoms with Gasteiger partial charge in [0.1, 0.15) is 5.82 Å². The molecule has 0 aliphatic heterocycles. The quantitative estimate of drug-likeness (QED) is 0.910. The van der Waals surface area contributed by atoms with Crippen molar-refractivity contribution in [1.82, 2.24) is 19.8 Å². The summed E-state index contributed by atoms with van der Waals surface area (Å²) >= 11 is 0. The van der Waals surface area contributed by atoms with E-state index in [1.807, 2.05) is 39.0 Å². The number of benzene rings is 1. The smallest absolute Gasteiger partial charge is 0.317 e. The third kappa shape index (κ3) is 2.92. The normalized spacial score (nSPS) is 10.8. The summed E-state index contributed by atoms with van der Waals surface area (Å²) in [4.78, 5) is 18.2. The first-order chi connectivity index (χ1) is 9.67. The Morgan fingerprint density at radius 1 is 1.30 bits per heavy atom. The average Bonchev–Trinajstić information content (AvgIpc) is 2.76. The summed E-state index contributed by atoms with van der Waals surface area (Å²) in [6.07, 6.45) is 0. The van der Waals surface area contributed by atoms with E-state index in [9.17, 15) is 4.79 Å². The molecular formula is C15H22N4O. The minimum absolute atomic E-state index is 0.00271. The number of nitrogens with one attached hydrogen (secondary N) is 1. The second-order valence-electron chi connectivity index (χ2n) is 4.70. The number of para-hydroxylation sites is 2. The van der Waals surface area contributed by atoms with E-state index in [1.165, 1.54) is 0 Å². The van der Waals surface area contributed by atoms with Gasteiger partial charge in [-0.1, -0.05) is 12.1 Å². The summed E-state index contributed by atoms with van der Waals surface area (Å²) in [6.45, 7) is 8.76. The number of hydrogen-bond donors (Lipinski definition) is 1. The Hall–Kier alpha value is -2.04. The molecule has 0 aliphatic rings. The summed E-state index contributed by atoms with van der Waals surface area (Å²) in [6, 6.07) is 8.06. The van der Waals surface area contributed by atoms with Crippen molar-refractivity contribution in [3.05, 3.63) is 30.1 Å². The first kappa shape index (κ1) is 14.4. The van der Waals surface area contributed by atoms with Crippen molar-refractivity contribution in [3.63, 3.8) is 0 Å². The van der Waals surface area contributed by atoms with Gasteiger partial charge in [0.2, 0.25) is 0 Å². The van der Waals surface area contributed by atoms with Gasteiger partial charge in [-0.05, 0) is 32.9 Å². The molecule has 0 atom stereocenters. The number of urea groups is 1.